The number of amides is 2. The molecule has 0 atom stereocenters. The summed E-state index contributed by atoms with van der Waals surface area (Å²) in [5.41, 5.74) is 1.08. The van der Waals surface area contributed by atoms with Gasteiger partial charge in [-0.05, 0) is 24.3 Å². The van der Waals surface area contributed by atoms with E-state index in [1.807, 2.05) is 16.8 Å². The van der Waals surface area contributed by atoms with Crippen molar-refractivity contribution in [2.45, 2.75) is 25.2 Å². The highest BCUT2D eigenvalue weighted by Gasteiger charge is 2.26. The number of thiophene rings is 1. The van der Waals surface area contributed by atoms with E-state index in [9.17, 15) is 9.59 Å². The van der Waals surface area contributed by atoms with Gasteiger partial charge in [-0.3, -0.25) is 9.59 Å². The van der Waals surface area contributed by atoms with Crippen molar-refractivity contribution in [1.29, 1.82) is 0 Å². The largest absolute Gasteiger partial charge is 0.351 e. The first-order valence-electron chi connectivity index (χ1n) is 6.79. The quantitative estimate of drug-likeness (QED) is 0.859. The number of carbonyl (C=O) groups is 2. The van der Waals surface area contributed by atoms with E-state index in [0.717, 1.165) is 5.69 Å². The van der Waals surface area contributed by atoms with Crippen LogP contribution >= 0.6 is 22.7 Å². The Morgan fingerprint density at radius 3 is 2.90 bits per heavy atom. The Morgan fingerprint density at radius 2 is 2.19 bits per heavy atom. The van der Waals surface area contributed by atoms with E-state index < -0.39 is 0 Å². The Balaban J connectivity index is 1.40. The standard InChI is InChI=1S/C14H15N3O2S2/c18-12(5-6-15-13(19)11-2-1-7-20-11)17-14-16-10(8-21-14)9-3-4-9/h1-2,7-9H,3-6H2,(H,15,19)(H,16,17,18). The molecular weight excluding hydrogens is 306 g/mol. The summed E-state index contributed by atoms with van der Waals surface area (Å²) in [6.07, 6.45) is 2.65. The van der Waals surface area contributed by atoms with Gasteiger partial charge in [0.1, 0.15) is 0 Å². The first-order chi connectivity index (χ1) is 10.2. The third-order valence-electron chi connectivity index (χ3n) is 3.15. The molecule has 0 aromatic carbocycles. The molecule has 5 nitrogen and oxygen atoms in total. The third kappa shape index (κ3) is 3.89. The Labute approximate surface area is 130 Å². The number of hydrogen-bond donors (Lipinski definition) is 2. The minimum absolute atomic E-state index is 0.127. The van der Waals surface area contributed by atoms with Crippen molar-refractivity contribution in [3.8, 4) is 0 Å². The average molecular weight is 321 g/mol. The molecule has 110 valence electrons. The summed E-state index contributed by atoms with van der Waals surface area (Å²) in [5.74, 6) is 0.332. The van der Waals surface area contributed by atoms with Gasteiger partial charge in [-0.25, -0.2) is 4.98 Å². The van der Waals surface area contributed by atoms with E-state index in [1.165, 1.54) is 35.5 Å². The van der Waals surface area contributed by atoms with Crippen LogP contribution in [0.25, 0.3) is 0 Å². The smallest absolute Gasteiger partial charge is 0.261 e. The van der Waals surface area contributed by atoms with Crippen LogP contribution in [0.4, 0.5) is 5.13 Å². The SMILES string of the molecule is O=C(CCNC(=O)c1cccs1)Nc1nc(C2CC2)cs1. The molecule has 7 heteroatoms. The zero-order chi connectivity index (χ0) is 14.7. The van der Waals surface area contributed by atoms with Gasteiger partial charge >= 0.3 is 0 Å². The Kier molecular flexibility index (Phi) is 4.31. The van der Waals surface area contributed by atoms with E-state index in [-0.39, 0.29) is 18.2 Å². The van der Waals surface area contributed by atoms with Crippen LogP contribution < -0.4 is 10.6 Å². The summed E-state index contributed by atoms with van der Waals surface area (Å²) in [4.78, 5) is 28.5. The normalized spacial score (nSPS) is 13.9. The molecule has 0 bridgehead atoms. The maximum Gasteiger partial charge on any atom is 0.261 e. The number of aromatic nitrogens is 1. The zero-order valence-electron chi connectivity index (χ0n) is 11.3. The lowest BCUT2D eigenvalue weighted by atomic mass is 10.3. The molecule has 0 spiro atoms. The van der Waals surface area contributed by atoms with Crippen LogP contribution in [0.3, 0.4) is 0 Å². The summed E-state index contributed by atoms with van der Waals surface area (Å²) < 4.78 is 0. The number of thiazole rings is 1. The van der Waals surface area contributed by atoms with Crippen molar-refractivity contribution >= 4 is 39.6 Å². The molecule has 1 fully saturated rings. The topological polar surface area (TPSA) is 71.1 Å². The lowest BCUT2D eigenvalue weighted by molar-refractivity contribution is -0.116. The minimum Gasteiger partial charge on any atom is -0.351 e. The fraction of sp³-hybridized carbons (Fsp3) is 0.357. The van der Waals surface area contributed by atoms with Gasteiger partial charge in [-0.1, -0.05) is 6.07 Å². The summed E-state index contributed by atoms with van der Waals surface area (Å²) in [6, 6.07) is 3.58. The van der Waals surface area contributed by atoms with E-state index in [0.29, 0.717) is 22.5 Å². The van der Waals surface area contributed by atoms with E-state index in [1.54, 1.807) is 6.07 Å². The van der Waals surface area contributed by atoms with Crippen LogP contribution in [0.15, 0.2) is 22.9 Å². The van der Waals surface area contributed by atoms with Gasteiger partial charge in [0.05, 0.1) is 10.6 Å². The fourth-order valence-corrected chi connectivity index (χ4v) is 3.32. The van der Waals surface area contributed by atoms with Crippen LogP contribution in [0.2, 0.25) is 0 Å². The highest BCUT2D eigenvalue weighted by Crippen LogP contribution is 2.40. The van der Waals surface area contributed by atoms with E-state index >= 15 is 0 Å². The maximum atomic E-state index is 11.8. The average Bonchev–Trinajstić information content (AvgIpc) is 2.99. The highest BCUT2D eigenvalue weighted by atomic mass is 32.1. The maximum absolute atomic E-state index is 11.8. The molecule has 1 aliphatic carbocycles. The molecule has 0 saturated heterocycles. The van der Waals surface area contributed by atoms with Crippen molar-refractivity contribution in [3.05, 3.63) is 33.5 Å². The first-order valence-corrected chi connectivity index (χ1v) is 8.55. The number of nitrogens with zero attached hydrogens (tertiary/aromatic N) is 1. The highest BCUT2D eigenvalue weighted by molar-refractivity contribution is 7.14. The molecular formula is C14H15N3O2S2. The minimum atomic E-state index is -0.136. The van der Waals surface area contributed by atoms with Crippen molar-refractivity contribution in [2.24, 2.45) is 0 Å². The van der Waals surface area contributed by atoms with Gasteiger partial charge in [-0.2, -0.15) is 0 Å². The first kappa shape index (κ1) is 14.2. The van der Waals surface area contributed by atoms with Crippen LogP contribution in [0.5, 0.6) is 0 Å². The Bertz CT molecular complexity index is 632. The number of nitrogens with one attached hydrogen (secondary N) is 2. The van der Waals surface area contributed by atoms with Crippen LogP contribution in [-0.4, -0.2) is 23.3 Å². The molecule has 2 N–H and O–H groups in total. The molecule has 21 heavy (non-hydrogen) atoms. The Hall–Kier alpha value is -1.73. The van der Waals surface area contributed by atoms with Gasteiger partial charge in [0.2, 0.25) is 5.91 Å². The molecule has 2 heterocycles. The fourth-order valence-electron chi connectivity index (χ4n) is 1.88. The molecule has 2 aromatic rings. The number of hydrogen-bond acceptors (Lipinski definition) is 5. The lowest BCUT2D eigenvalue weighted by Gasteiger charge is -2.03. The van der Waals surface area contributed by atoms with Crippen LogP contribution in [-0.2, 0) is 4.79 Å². The molecule has 1 saturated carbocycles. The number of anilines is 1. The lowest BCUT2D eigenvalue weighted by Crippen LogP contribution is -2.27. The van der Waals surface area contributed by atoms with E-state index in [4.69, 9.17) is 0 Å². The molecule has 3 rings (SSSR count). The van der Waals surface area contributed by atoms with Crippen LogP contribution in [0, 0.1) is 0 Å². The van der Waals surface area contributed by atoms with Gasteiger partial charge < -0.3 is 10.6 Å². The molecule has 0 aliphatic heterocycles. The molecule has 0 unspecified atom stereocenters. The third-order valence-corrected chi connectivity index (χ3v) is 4.79. The van der Waals surface area contributed by atoms with E-state index in [2.05, 4.69) is 15.6 Å². The molecule has 0 radical (unpaired) electrons. The summed E-state index contributed by atoms with van der Waals surface area (Å²) in [6.45, 7) is 0.323. The predicted molar refractivity (Wildman–Crippen MR) is 84.0 cm³/mol. The van der Waals surface area contributed by atoms with Gasteiger partial charge in [0.25, 0.3) is 5.91 Å². The van der Waals surface area contributed by atoms with Crippen molar-refractivity contribution < 1.29 is 9.59 Å². The zero-order valence-corrected chi connectivity index (χ0v) is 12.9. The Morgan fingerprint density at radius 1 is 1.33 bits per heavy atom. The summed E-state index contributed by atoms with van der Waals surface area (Å²) in [7, 11) is 0. The second-order valence-electron chi connectivity index (χ2n) is 4.88. The van der Waals surface area contributed by atoms with Crippen molar-refractivity contribution in [2.75, 3.05) is 11.9 Å². The van der Waals surface area contributed by atoms with Crippen molar-refractivity contribution in [1.82, 2.24) is 10.3 Å². The monoisotopic (exact) mass is 321 g/mol. The second-order valence-corrected chi connectivity index (χ2v) is 6.69. The number of rotatable bonds is 6. The predicted octanol–water partition coefficient (Wildman–Crippen LogP) is 2.84. The van der Waals surface area contributed by atoms with Crippen molar-refractivity contribution in [3.63, 3.8) is 0 Å². The van der Waals surface area contributed by atoms with Gasteiger partial charge in [-0.15, -0.1) is 22.7 Å². The summed E-state index contributed by atoms with van der Waals surface area (Å²) in [5, 5.41) is 10.0. The number of carbonyl (C=O) groups excluding carboxylic acids is 2. The second kappa shape index (κ2) is 6.36. The molecule has 2 aromatic heterocycles. The van der Waals surface area contributed by atoms with Gasteiger partial charge in [0.15, 0.2) is 5.13 Å². The van der Waals surface area contributed by atoms with Crippen LogP contribution in [0.1, 0.15) is 40.5 Å². The molecule has 1 aliphatic rings. The van der Waals surface area contributed by atoms with Gasteiger partial charge in [0, 0.05) is 24.3 Å². The molecule has 2 amide bonds. The summed E-state index contributed by atoms with van der Waals surface area (Å²) >= 11 is 2.84.